The summed E-state index contributed by atoms with van der Waals surface area (Å²) in [4.78, 5) is 10.1. The first-order valence-corrected chi connectivity index (χ1v) is 20.0. The Hall–Kier alpha value is -5.57. The molecule has 0 radical (unpaired) electrons. The summed E-state index contributed by atoms with van der Waals surface area (Å²) < 4.78 is 112. The van der Waals surface area contributed by atoms with E-state index >= 15 is 0 Å². The van der Waals surface area contributed by atoms with Crippen LogP contribution in [0.25, 0.3) is 72.7 Å². The molecule has 0 saturated carbocycles. The molecule has 0 aliphatic rings. The van der Waals surface area contributed by atoms with Crippen LogP contribution in [0.3, 0.4) is 0 Å². The molecule has 0 unspecified atom stereocenters. The van der Waals surface area contributed by atoms with E-state index in [9.17, 15) is 5.11 Å². The number of hydrogen-bond acceptors (Lipinski definition) is 3. The largest absolute Gasteiger partial charge is 0.507 e. The van der Waals surface area contributed by atoms with Crippen molar-refractivity contribution in [3.63, 3.8) is 0 Å². The molecule has 0 atom stereocenters. The van der Waals surface area contributed by atoms with Crippen molar-refractivity contribution in [2.24, 2.45) is 0 Å². The van der Waals surface area contributed by atoms with E-state index in [1.165, 1.54) is 12.3 Å². The normalized spacial score (nSPS) is 15.8. The van der Waals surface area contributed by atoms with E-state index < -0.39 is 61.1 Å². The molecule has 6 aromatic carbocycles. The second kappa shape index (κ2) is 16.4. The number of aromatic nitrogens is 3. The maximum atomic E-state index is 11.8. The van der Waals surface area contributed by atoms with Crippen molar-refractivity contribution in [3.8, 4) is 67.5 Å². The van der Waals surface area contributed by atoms with Gasteiger partial charge in [-0.1, -0.05) is 158 Å². The standard InChI is InChI=1S/C56H56N3O.Pt/c1-35-28-36(2)52(60)46(29-35)53-58-51-45(18-15-19-50(51)59(53)49-25-22-39(33-47(49)56(9,10)11)37-16-13-12-14-17-37)41-30-42(32-44(31-41)55(6,7)8)48-34-40(26-27-57-48)38-20-23-43(24-21-38)54(3,4)5;/h12-29,31-34,60H,1-11H3;/q-1;/i3D3,4D3,5D3,20D,21D,23D,24D;. The molecular weight excluding hydrogens is 926 g/mol. The number of nitrogens with zero attached hydrogens (tertiary/aromatic N) is 3. The van der Waals surface area contributed by atoms with Crippen LogP contribution in [0.2, 0.25) is 0 Å². The average molecular weight is 995 g/mol. The minimum absolute atomic E-state index is 0. The van der Waals surface area contributed by atoms with Gasteiger partial charge in [-0.25, -0.2) is 4.98 Å². The summed E-state index contributed by atoms with van der Waals surface area (Å²) in [5.74, 6) is 0.644. The molecule has 0 amide bonds. The van der Waals surface area contributed by atoms with Gasteiger partial charge in [-0.2, -0.15) is 0 Å². The molecule has 4 nitrogen and oxygen atoms in total. The van der Waals surface area contributed by atoms with E-state index in [2.05, 4.69) is 87.5 Å². The first kappa shape index (κ1) is 29.6. The van der Waals surface area contributed by atoms with Gasteiger partial charge in [0.15, 0.2) is 0 Å². The van der Waals surface area contributed by atoms with Gasteiger partial charge in [0.1, 0.15) is 11.6 Å². The van der Waals surface area contributed by atoms with Crippen molar-refractivity contribution in [2.45, 2.75) is 92.2 Å². The third-order valence-corrected chi connectivity index (χ3v) is 10.9. The summed E-state index contributed by atoms with van der Waals surface area (Å²) >= 11 is 0. The predicted octanol–water partition coefficient (Wildman–Crippen LogP) is 14.8. The molecule has 5 heteroatoms. The van der Waals surface area contributed by atoms with Crippen molar-refractivity contribution in [1.29, 1.82) is 0 Å². The van der Waals surface area contributed by atoms with Crippen molar-refractivity contribution in [1.82, 2.24) is 14.5 Å². The molecule has 61 heavy (non-hydrogen) atoms. The van der Waals surface area contributed by atoms with Gasteiger partial charge in [0, 0.05) is 45.3 Å². The van der Waals surface area contributed by atoms with Crippen molar-refractivity contribution < 1.29 is 44.0 Å². The minimum Gasteiger partial charge on any atom is -0.507 e. The van der Waals surface area contributed by atoms with Gasteiger partial charge in [0.2, 0.25) is 0 Å². The second-order valence-electron chi connectivity index (χ2n) is 17.6. The van der Waals surface area contributed by atoms with Gasteiger partial charge >= 0.3 is 0 Å². The van der Waals surface area contributed by atoms with Gasteiger partial charge < -0.3 is 5.11 Å². The van der Waals surface area contributed by atoms with Crippen LogP contribution in [0.15, 0.2) is 133 Å². The summed E-state index contributed by atoms with van der Waals surface area (Å²) in [6.45, 7) is 5.13. The maximum absolute atomic E-state index is 11.8. The number of phenolic OH excluding ortho intramolecular Hbond substituents is 1. The van der Waals surface area contributed by atoms with E-state index in [1.54, 1.807) is 6.07 Å². The second-order valence-corrected chi connectivity index (χ2v) is 17.6. The fourth-order valence-electron chi connectivity index (χ4n) is 7.68. The number of aromatic hydroxyl groups is 1. The molecule has 2 heterocycles. The van der Waals surface area contributed by atoms with Crippen LogP contribution in [-0.4, -0.2) is 19.6 Å². The number of phenols is 1. The molecule has 0 aliphatic carbocycles. The number of hydrogen-bond donors (Lipinski definition) is 1. The zero-order valence-corrected chi connectivity index (χ0v) is 37.8. The molecule has 0 fully saturated rings. The average Bonchev–Trinajstić information content (AvgIpc) is 3.68. The Morgan fingerprint density at radius 1 is 0.639 bits per heavy atom. The SMILES string of the molecule is [2H]c1c([2H])c(C(C([2H])([2H])[2H])(C([2H])([2H])[2H])C([2H])([2H])[2H])c([2H])c([2H])c1-c1ccnc(-c2[c-]c(-c3cccc4c3nc(-c3cc(C)cc(C)c3O)n4-c3ccc(-c4ccccc4)cc3C(C)(C)C)cc(C(C)(C)C)c2)c1.[Pt]. The smallest absolute Gasteiger partial charge is 0.148 e. The number of fused-ring (bicyclic) bond motifs is 1. The van der Waals surface area contributed by atoms with Crippen molar-refractivity contribution >= 4 is 11.0 Å². The summed E-state index contributed by atoms with van der Waals surface area (Å²) in [5.41, 5.74) is 4.82. The molecule has 312 valence electrons. The monoisotopic (exact) mass is 994 g/mol. The third-order valence-electron chi connectivity index (χ3n) is 10.9. The van der Waals surface area contributed by atoms with E-state index in [4.69, 9.17) is 22.8 Å². The fourth-order valence-corrected chi connectivity index (χ4v) is 7.68. The van der Waals surface area contributed by atoms with E-state index in [0.717, 1.165) is 44.6 Å². The number of rotatable bonds is 6. The minimum atomic E-state index is -3.81. The summed E-state index contributed by atoms with van der Waals surface area (Å²) in [6, 6.07) is 33.1. The van der Waals surface area contributed by atoms with Crippen LogP contribution < -0.4 is 0 Å². The van der Waals surface area contributed by atoms with E-state index in [-0.39, 0.29) is 43.4 Å². The van der Waals surface area contributed by atoms with Crippen LogP contribution in [-0.2, 0) is 37.3 Å². The zero-order valence-electron chi connectivity index (χ0n) is 48.5. The zero-order chi connectivity index (χ0) is 53.7. The quantitative estimate of drug-likeness (QED) is 0.169. The molecular formula is C56H56N3OPt-. The number of pyridine rings is 1. The predicted molar refractivity (Wildman–Crippen MR) is 252 cm³/mol. The summed E-state index contributed by atoms with van der Waals surface area (Å²) in [6.07, 6.45) is 1.42. The summed E-state index contributed by atoms with van der Waals surface area (Å²) in [5, 5.41) is 11.8. The molecule has 2 aromatic heterocycles. The molecule has 8 rings (SSSR count). The molecule has 0 bridgehead atoms. The Balaban J connectivity index is 0.00000800. The first-order chi connectivity index (χ1) is 33.8. The molecule has 1 N–H and O–H groups in total. The van der Waals surface area contributed by atoms with Crippen molar-refractivity contribution in [2.75, 3.05) is 0 Å². The summed E-state index contributed by atoms with van der Waals surface area (Å²) in [7, 11) is 0. The van der Waals surface area contributed by atoms with Crippen LogP contribution in [0, 0.1) is 19.9 Å². The maximum Gasteiger partial charge on any atom is 0.148 e. The Labute approximate surface area is 395 Å². The number of para-hydroxylation sites is 1. The van der Waals surface area contributed by atoms with Gasteiger partial charge in [-0.05, 0) is 105 Å². The van der Waals surface area contributed by atoms with E-state index in [0.29, 0.717) is 39.3 Å². The van der Waals surface area contributed by atoms with Crippen LogP contribution in [0.5, 0.6) is 5.75 Å². The number of aryl methyl sites for hydroxylation is 2. The molecule has 8 aromatic rings. The Morgan fingerprint density at radius 2 is 1.34 bits per heavy atom. The topological polar surface area (TPSA) is 50.9 Å². The number of benzene rings is 6. The van der Waals surface area contributed by atoms with Gasteiger partial charge in [-0.3, -0.25) is 9.55 Å². The van der Waals surface area contributed by atoms with Gasteiger partial charge in [0.05, 0.1) is 27.8 Å². The molecule has 0 aliphatic heterocycles. The van der Waals surface area contributed by atoms with E-state index in [1.807, 2.05) is 74.5 Å². The van der Waals surface area contributed by atoms with Crippen LogP contribution >= 0.6 is 0 Å². The van der Waals surface area contributed by atoms with Crippen LogP contribution in [0.4, 0.5) is 0 Å². The first-order valence-electron chi connectivity index (χ1n) is 26.5. The third kappa shape index (κ3) is 8.66. The van der Waals surface area contributed by atoms with Gasteiger partial charge in [-0.15, -0.1) is 29.3 Å². The Morgan fingerprint density at radius 3 is 2.03 bits per heavy atom. The Bertz CT molecular complexity index is 3410. The van der Waals surface area contributed by atoms with Gasteiger partial charge in [0.25, 0.3) is 0 Å². The van der Waals surface area contributed by atoms with Crippen LogP contribution in [0.1, 0.15) is 108 Å². The number of imidazole rings is 1. The fraction of sp³-hybridized carbons (Fsp3) is 0.250. The molecule has 0 spiro atoms. The van der Waals surface area contributed by atoms with Crippen molar-refractivity contribution in [3.05, 3.63) is 167 Å². The Kier molecular flexibility index (Phi) is 7.95. The molecule has 0 saturated heterocycles.